The Bertz CT molecular complexity index is 840. The molecule has 0 bridgehead atoms. The van der Waals surface area contributed by atoms with Crippen LogP contribution in [0, 0.1) is 0 Å². The van der Waals surface area contributed by atoms with Crippen LogP contribution in [0.5, 0.6) is 0 Å². The summed E-state index contributed by atoms with van der Waals surface area (Å²) in [5.74, 6) is 0.242. The Labute approximate surface area is 141 Å². The van der Waals surface area contributed by atoms with Crippen LogP contribution < -0.4 is 0 Å². The van der Waals surface area contributed by atoms with Crippen molar-refractivity contribution < 1.29 is 4.79 Å². The van der Waals surface area contributed by atoms with E-state index in [0.717, 1.165) is 36.9 Å². The largest absolute Gasteiger partial charge is 0.361 e. The summed E-state index contributed by atoms with van der Waals surface area (Å²) in [7, 11) is 0. The first-order chi connectivity index (χ1) is 11.8. The lowest BCUT2D eigenvalue weighted by atomic mass is 10.1. The number of aryl methyl sites for hydroxylation is 1. The highest BCUT2D eigenvalue weighted by molar-refractivity contribution is 5.84. The number of amides is 1. The number of likely N-dealkylation sites (tertiary alicyclic amines) is 1. The van der Waals surface area contributed by atoms with Crippen molar-refractivity contribution in [2.45, 2.75) is 31.7 Å². The van der Waals surface area contributed by atoms with Crippen molar-refractivity contribution in [1.29, 1.82) is 0 Å². The second-order valence-corrected chi connectivity index (χ2v) is 6.39. The van der Waals surface area contributed by atoms with E-state index in [-0.39, 0.29) is 11.9 Å². The lowest BCUT2D eigenvalue weighted by Gasteiger charge is -2.25. The highest BCUT2D eigenvalue weighted by Gasteiger charge is 2.29. The predicted molar refractivity (Wildman–Crippen MR) is 94.5 cm³/mol. The Morgan fingerprint density at radius 2 is 2.17 bits per heavy atom. The molecule has 1 aliphatic rings. The molecule has 1 atom stereocenters. The monoisotopic (exact) mass is 319 g/mol. The third-order valence-corrected chi connectivity index (χ3v) is 4.93. The average molecular weight is 319 g/mol. The lowest BCUT2D eigenvalue weighted by molar-refractivity contribution is -0.132. The summed E-state index contributed by atoms with van der Waals surface area (Å²) >= 11 is 0. The van der Waals surface area contributed by atoms with E-state index in [0.29, 0.717) is 6.42 Å². The Kier molecular flexibility index (Phi) is 4.03. The Morgan fingerprint density at radius 3 is 3.04 bits per heavy atom. The fourth-order valence-corrected chi connectivity index (χ4v) is 3.71. The SMILES string of the molecule is O=C(CCc1c[nH]c2ccccc12)N1CCCC1c1cccnc1. The van der Waals surface area contributed by atoms with E-state index in [1.807, 2.05) is 35.5 Å². The van der Waals surface area contributed by atoms with Crippen LogP contribution in [0.25, 0.3) is 10.9 Å². The Balaban J connectivity index is 1.46. The Hall–Kier alpha value is -2.62. The van der Waals surface area contributed by atoms with Crippen LogP contribution >= 0.6 is 0 Å². The number of aromatic amines is 1. The molecule has 2 aromatic heterocycles. The fraction of sp³-hybridized carbons (Fsp3) is 0.300. The van der Waals surface area contributed by atoms with Crippen LogP contribution in [0.1, 0.15) is 36.4 Å². The van der Waals surface area contributed by atoms with Crippen molar-refractivity contribution in [2.75, 3.05) is 6.54 Å². The van der Waals surface area contributed by atoms with E-state index in [4.69, 9.17) is 0 Å². The maximum atomic E-state index is 12.8. The van der Waals surface area contributed by atoms with Crippen molar-refractivity contribution in [1.82, 2.24) is 14.9 Å². The standard InChI is InChI=1S/C20H21N3O/c24-20(10-9-15-14-22-18-7-2-1-6-17(15)18)23-12-4-8-19(23)16-5-3-11-21-13-16/h1-3,5-7,11,13-14,19,22H,4,8-10,12H2. The summed E-state index contributed by atoms with van der Waals surface area (Å²) in [4.78, 5) is 22.3. The number of nitrogens with one attached hydrogen (secondary N) is 1. The number of carbonyl (C=O) groups is 1. The summed E-state index contributed by atoms with van der Waals surface area (Å²) in [5, 5.41) is 1.22. The van der Waals surface area contributed by atoms with Gasteiger partial charge in [-0.1, -0.05) is 24.3 Å². The van der Waals surface area contributed by atoms with Crippen LogP contribution in [-0.4, -0.2) is 27.3 Å². The number of H-pyrrole nitrogens is 1. The topological polar surface area (TPSA) is 49.0 Å². The van der Waals surface area contributed by atoms with E-state index >= 15 is 0 Å². The maximum Gasteiger partial charge on any atom is 0.223 e. The van der Waals surface area contributed by atoms with Crippen molar-refractivity contribution in [3.8, 4) is 0 Å². The highest BCUT2D eigenvalue weighted by Crippen LogP contribution is 2.32. The van der Waals surface area contributed by atoms with Gasteiger partial charge in [-0.05, 0) is 42.5 Å². The van der Waals surface area contributed by atoms with Crippen molar-refractivity contribution in [3.63, 3.8) is 0 Å². The zero-order chi connectivity index (χ0) is 16.4. The molecule has 1 aliphatic heterocycles. The minimum Gasteiger partial charge on any atom is -0.361 e. The number of benzene rings is 1. The molecular weight excluding hydrogens is 298 g/mol. The third kappa shape index (κ3) is 2.80. The molecule has 1 saturated heterocycles. The van der Waals surface area contributed by atoms with Gasteiger partial charge in [0, 0.05) is 42.5 Å². The zero-order valence-corrected chi connectivity index (χ0v) is 13.6. The molecule has 1 fully saturated rings. The maximum absolute atomic E-state index is 12.8. The molecule has 0 spiro atoms. The molecule has 24 heavy (non-hydrogen) atoms. The molecule has 3 heterocycles. The summed E-state index contributed by atoms with van der Waals surface area (Å²) in [5.41, 5.74) is 3.50. The molecule has 0 saturated carbocycles. The lowest BCUT2D eigenvalue weighted by Crippen LogP contribution is -2.30. The number of hydrogen-bond donors (Lipinski definition) is 1. The van der Waals surface area contributed by atoms with Crippen LogP contribution in [0.15, 0.2) is 55.0 Å². The average Bonchev–Trinajstić information content (AvgIpc) is 3.28. The van der Waals surface area contributed by atoms with Gasteiger partial charge < -0.3 is 9.88 Å². The number of fused-ring (bicyclic) bond motifs is 1. The molecule has 4 nitrogen and oxygen atoms in total. The van der Waals surface area contributed by atoms with Gasteiger partial charge in [-0.15, -0.1) is 0 Å². The van der Waals surface area contributed by atoms with Crippen LogP contribution in [0.3, 0.4) is 0 Å². The molecule has 0 radical (unpaired) electrons. The van der Waals surface area contributed by atoms with Gasteiger partial charge >= 0.3 is 0 Å². The van der Waals surface area contributed by atoms with Crippen molar-refractivity contribution in [3.05, 3.63) is 66.1 Å². The normalized spacial score (nSPS) is 17.5. The van der Waals surface area contributed by atoms with E-state index < -0.39 is 0 Å². The zero-order valence-electron chi connectivity index (χ0n) is 13.6. The molecule has 4 heteroatoms. The van der Waals surface area contributed by atoms with E-state index in [2.05, 4.69) is 28.2 Å². The van der Waals surface area contributed by atoms with Crippen LogP contribution in [0.2, 0.25) is 0 Å². The minimum atomic E-state index is 0.189. The molecule has 0 aliphatic carbocycles. The van der Waals surface area contributed by atoms with Gasteiger partial charge in [-0.3, -0.25) is 9.78 Å². The van der Waals surface area contributed by atoms with E-state index in [9.17, 15) is 4.79 Å². The summed E-state index contributed by atoms with van der Waals surface area (Å²) < 4.78 is 0. The van der Waals surface area contributed by atoms with Gasteiger partial charge in [0.2, 0.25) is 5.91 Å². The predicted octanol–water partition coefficient (Wildman–Crippen LogP) is 3.86. The first-order valence-corrected chi connectivity index (χ1v) is 8.57. The molecule has 1 aromatic carbocycles. The fourth-order valence-electron chi connectivity index (χ4n) is 3.71. The number of nitrogens with zero attached hydrogens (tertiary/aromatic N) is 2. The second kappa shape index (κ2) is 6.48. The van der Waals surface area contributed by atoms with Gasteiger partial charge in [0.05, 0.1) is 6.04 Å². The van der Waals surface area contributed by atoms with Gasteiger partial charge in [-0.25, -0.2) is 0 Å². The molecule has 3 aromatic rings. The molecular formula is C20H21N3O. The van der Waals surface area contributed by atoms with Crippen LogP contribution in [-0.2, 0) is 11.2 Å². The Morgan fingerprint density at radius 1 is 1.25 bits per heavy atom. The number of pyridine rings is 1. The van der Waals surface area contributed by atoms with E-state index in [1.165, 1.54) is 10.9 Å². The van der Waals surface area contributed by atoms with Gasteiger partial charge in [0.25, 0.3) is 0 Å². The van der Waals surface area contributed by atoms with Crippen molar-refractivity contribution in [2.24, 2.45) is 0 Å². The third-order valence-electron chi connectivity index (χ3n) is 4.93. The summed E-state index contributed by atoms with van der Waals surface area (Å²) in [6.07, 6.45) is 9.12. The number of carbonyl (C=O) groups excluding carboxylic acids is 1. The van der Waals surface area contributed by atoms with Gasteiger partial charge in [0.15, 0.2) is 0 Å². The van der Waals surface area contributed by atoms with E-state index in [1.54, 1.807) is 6.20 Å². The molecule has 1 unspecified atom stereocenters. The van der Waals surface area contributed by atoms with Gasteiger partial charge in [-0.2, -0.15) is 0 Å². The molecule has 4 rings (SSSR count). The highest BCUT2D eigenvalue weighted by atomic mass is 16.2. The van der Waals surface area contributed by atoms with Crippen LogP contribution in [0.4, 0.5) is 0 Å². The molecule has 1 N–H and O–H groups in total. The number of hydrogen-bond acceptors (Lipinski definition) is 2. The first kappa shape index (κ1) is 14.9. The quantitative estimate of drug-likeness (QED) is 0.794. The number of rotatable bonds is 4. The summed E-state index contributed by atoms with van der Waals surface area (Å²) in [6.45, 7) is 0.853. The smallest absolute Gasteiger partial charge is 0.223 e. The minimum absolute atomic E-state index is 0.189. The number of aromatic nitrogens is 2. The molecule has 122 valence electrons. The van der Waals surface area contributed by atoms with Gasteiger partial charge in [0.1, 0.15) is 0 Å². The van der Waals surface area contributed by atoms with Crippen molar-refractivity contribution >= 4 is 16.8 Å². The summed E-state index contributed by atoms with van der Waals surface area (Å²) in [6, 6.07) is 12.5. The first-order valence-electron chi connectivity index (χ1n) is 8.57. The second-order valence-electron chi connectivity index (χ2n) is 6.39. The number of para-hydroxylation sites is 1. The molecule has 1 amide bonds.